The standard InChI is InChI=1S/C19H25N3O2/c1-12-11-13(2)22-10-9-17(18(22)20-12)19(23)21-14-3-5-15(6-4-14)24-16-7-8-16/h9-11,14-16H,3-8H2,1-2H3,(H,21,23). The lowest BCUT2D eigenvalue weighted by atomic mass is 9.92. The van der Waals surface area contributed by atoms with Gasteiger partial charge in [-0.15, -0.1) is 0 Å². The minimum Gasteiger partial charge on any atom is -0.375 e. The Bertz CT molecular complexity index is 755. The number of hydrogen-bond donors (Lipinski definition) is 1. The molecule has 2 aliphatic carbocycles. The summed E-state index contributed by atoms with van der Waals surface area (Å²) in [5, 5.41) is 3.19. The number of rotatable bonds is 4. The maximum absolute atomic E-state index is 12.7. The predicted molar refractivity (Wildman–Crippen MR) is 92.3 cm³/mol. The van der Waals surface area contributed by atoms with Crippen molar-refractivity contribution in [1.29, 1.82) is 0 Å². The third-order valence-electron chi connectivity index (χ3n) is 5.10. The Morgan fingerprint density at radius 2 is 1.83 bits per heavy atom. The second-order valence-electron chi connectivity index (χ2n) is 7.24. The molecule has 5 heteroatoms. The molecule has 2 saturated carbocycles. The Labute approximate surface area is 142 Å². The Morgan fingerprint density at radius 1 is 1.17 bits per heavy atom. The highest BCUT2D eigenvalue weighted by Crippen LogP contribution is 2.30. The van der Waals surface area contributed by atoms with Crippen LogP contribution < -0.4 is 5.32 Å². The van der Waals surface area contributed by atoms with Gasteiger partial charge >= 0.3 is 0 Å². The minimum absolute atomic E-state index is 0.0124. The number of nitrogens with one attached hydrogen (secondary N) is 1. The van der Waals surface area contributed by atoms with Gasteiger partial charge < -0.3 is 14.5 Å². The van der Waals surface area contributed by atoms with Gasteiger partial charge in [0.15, 0.2) is 0 Å². The van der Waals surface area contributed by atoms with Gasteiger partial charge in [0, 0.05) is 23.6 Å². The maximum Gasteiger partial charge on any atom is 0.255 e. The first-order chi connectivity index (χ1) is 11.6. The van der Waals surface area contributed by atoms with Crippen LogP contribution in [0.2, 0.25) is 0 Å². The lowest BCUT2D eigenvalue weighted by Gasteiger charge is -2.29. The number of ether oxygens (including phenoxy) is 1. The highest BCUT2D eigenvalue weighted by molar-refractivity contribution is 6.00. The highest BCUT2D eigenvalue weighted by atomic mass is 16.5. The average molecular weight is 327 g/mol. The molecule has 24 heavy (non-hydrogen) atoms. The fourth-order valence-corrected chi connectivity index (χ4v) is 3.65. The third kappa shape index (κ3) is 3.18. The van der Waals surface area contributed by atoms with Crippen LogP contribution in [0.4, 0.5) is 0 Å². The zero-order valence-corrected chi connectivity index (χ0v) is 14.4. The molecule has 0 spiro atoms. The fraction of sp³-hybridized carbons (Fsp3) is 0.579. The lowest BCUT2D eigenvalue weighted by Crippen LogP contribution is -2.39. The molecule has 0 radical (unpaired) electrons. The summed E-state index contributed by atoms with van der Waals surface area (Å²) >= 11 is 0. The van der Waals surface area contributed by atoms with Crippen molar-refractivity contribution in [3.05, 3.63) is 35.3 Å². The van der Waals surface area contributed by atoms with Gasteiger partial charge in [-0.1, -0.05) is 0 Å². The van der Waals surface area contributed by atoms with E-state index in [4.69, 9.17) is 4.74 Å². The summed E-state index contributed by atoms with van der Waals surface area (Å²) in [5.41, 5.74) is 3.44. The Hall–Kier alpha value is -1.88. The second kappa shape index (κ2) is 6.20. The number of carbonyl (C=O) groups excluding carboxylic acids is 1. The van der Waals surface area contributed by atoms with Crippen LogP contribution in [0, 0.1) is 13.8 Å². The van der Waals surface area contributed by atoms with Crippen molar-refractivity contribution in [1.82, 2.24) is 14.7 Å². The molecule has 2 aliphatic rings. The van der Waals surface area contributed by atoms with Crippen molar-refractivity contribution in [2.75, 3.05) is 0 Å². The van der Waals surface area contributed by atoms with E-state index in [0.717, 1.165) is 42.7 Å². The Morgan fingerprint density at radius 3 is 2.50 bits per heavy atom. The van der Waals surface area contributed by atoms with Gasteiger partial charge in [-0.05, 0) is 64.5 Å². The fourth-order valence-electron chi connectivity index (χ4n) is 3.65. The summed E-state index contributed by atoms with van der Waals surface area (Å²) in [6, 6.07) is 4.14. The SMILES string of the molecule is Cc1cc(C)n2ccc(C(=O)NC3CCC(OC4CC4)CC3)c2n1. The van der Waals surface area contributed by atoms with E-state index in [0.29, 0.717) is 17.8 Å². The molecule has 2 heterocycles. The van der Waals surface area contributed by atoms with E-state index in [2.05, 4.69) is 10.3 Å². The summed E-state index contributed by atoms with van der Waals surface area (Å²) in [6.45, 7) is 3.99. The Balaban J connectivity index is 1.41. The predicted octanol–water partition coefficient (Wildman–Crippen LogP) is 3.17. The zero-order chi connectivity index (χ0) is 16.7. The van der Waals surface area contributed by atoms with E-state index in [9.17, 15) is 4.79 Å². The second-order valence-corrected chi connectivity index (χ2v) is 7.24. The van der Waals surface area contributed by atoms with Crippen molar-refractivity contribution in [3.8, 4) is 0 Å². The van der Waals surface area contributed by atoms with E-state index in [1.807, 2.05) is 36.6 Å². The van der Waals surface area contributed by atoms with Crippen molar-refractivity contribution >= 4 is 11.6 Å². The number of aromatic nitrogens is 2. The highest BCUT2D eigenvalue weighted by Gasteiger charge is 2.30. The molecule has 0 unspecified atom stereocenters. The molecule has 0 bridgehead atoms. The molecule has 4 rings (SSSR count). The van der Waals surface area contributed by atoms with Gasteiger partial charge in [0.2, 0.25) is 0 Å². The van der Waals surface area contributed by atoms with Crippen LogP contribution in [0.15, 0.2) is 18.3 Å². The monoisotopic (exact) mass is 327 g/mol. The van der Waals surface area contributed by atoms with E-state index < -0.39 is 0 Å². The molecule has 128 valence electrons. The van der Waals surface area contributed by atoms with Crippen molar-refractivity contribution in [2.24, 2.45) is 0 Å². The van der Waals surface area contributed by atoms with E-state index in [-0.39, 0.29) is 11.9 Å². The van der Waals surface area contributed by atoms with Gasteiger partial charge in [0.05, 0.1) is 17.8 Å². The number of hydrogen-bond acceptors (Lipinski definition) is 3. The number of fused-ring (bicyclic) bond motifs is 1. The molecular formula is C19H25N3O2. The van der Waals surface area contributed by atoms with Gasteiger partial charge in [0.1, 0.15) is 5.65 Å². The molecule has 0 atom stereocenters. The van der Waals surface area contributed by atoms with Crippen LogP contribution in [0.3, 0.4) is 0 Å². The number of aryl methyl sites for hydroxylation is 2. The van der Waals surface area contributed by atoms with Crippen LogP contribution in [0.1, 0.15) is 60.3 Å². The average Bonchev–Trinajstić information content (AvgIpc) is 3.25. The normalized spacial score (nSPS) is 24.2. The van der Waals surface area contributed by atoms with Crippen LogP contribution in [0.25, 0.3) is 5.65 Å². The van der Waals surface area contributed by atoms with E-state index in [1.54, 1.807) is 0 Å². The minimum atomic E-state index is -0.0124. The van der Waals surface area contributed by atoms with Crippen LogP contribution in [-0.4, -0.2) is 33.5 Å². The van der Waals surface area contributed by atoms with Crippen LogP contribution >= 0.6 is 0 Å². The van der Waals surface area contributed by atoms with Crippen molar-refractivity contribution in [3.63, 3.8) is 0 Å². The van der Waals surface area contributed by atoms with Gasteiger partial charge in [-0.25, -0.2) is 4.98 Å². The number of nitrogens with zero attached hydrogens (tertiary/aromatic N) is 2. The summed E-state index contributed by atoms with van der Waals surface area (Å²) in [6.07, 6.45) is 9.39. The molecule has 5 nitrogen and oxygen atoms in total. The Kier molecular flexibility index (Phi) is 4.04. The first-order valence-electron chi connectivity index (χ1n) is 9.02. The molecule has 0 aromatic carbocycles. The summed E-state index contributed by atoms with van der Waals surface area (Å²) in [7, 11) is 0. The van der Waals surface area contributed by atoms with Crippen LogP contribution in [-0.2, 0) is 4.74 Å². The topological polar surface area (TPSA) is 55.6 Å². The third-order valence-corrected chi connectivity index (χ3v) is 5.10. The van der Waals surface area contributed by atoms with Gasteiger partial charge in [-0.2, -0.15) is 0 Å². The molecule has 2 aromatic rings. The number of carbonyl (C=O) groups is 1. The summed E-state index contributed by atoms with van der Waals surface area (Å²) in [4.78, 5) is 17.2. The van der Waals surface area contributed by atoms with E-state index >= 15 is 0 Å². The number of amides is 1. The lowest BCUT2D eigenvalue weighted by molar-refractivity contribution is 0.0110. The quantitative estimate of drug-likeness (QED) is 0.938. The molecule has 0 aliphatic heterocycles. The molecule has 2 aromatic heterocycles. The summed E-state index contributed by atoms with van der Waals surface area (Å²) in [5.74, 6) is -0.0124. The van der Waals surface area contributed by atoms with Gasteiger partial charge in [0.25, 0.3) is 5.91 Å². The molecular weight excluding hydrogens is 302 g/mol. The van der Waals surface area contributed by atoms with Crippen LogP contribution in [0.5, 0.6) is 0 Å². The first-order valence-corrected chi connectivity index (χ1v) is 9.02. The largest absolute Gasteiger partial charge is 0.375 e. The molecule has 2 fully saturated rings. The molecule has 0 saturated heterocycles. The smallest absolute Gasteiger partial charge is 0.255 e. The zero-order valence-electron chi connectivity index (χ0n) is 14.4. The molecule has 1 N–H and O–H groups in total. The van der Waals surface area contributed by atoms with E-state index in [1.165, 1.54) is 12.8 Å². The first kappa shape index (κ1) is 15.6. The van der Waals surface area contributed by atoms with Crippen molar-refractivity contribution in [2.45, 2.75) is 70.6 Å². The maximum atomic E-state index is 12.7. The van der Waals surface area contributed by atoms with Crippen molar-refractivity contribution < 1.29 is 9.53 Å². The summed E-state index contributed by atoms with van der Waals surface area (Å²) < 4.78 is 7.96. The van der Waals surface area contributed by atoms with Gasteiger partial charge in [-0.3, -0.25) is 4.79 Å². The molecule has 1 amide bonds.